The first-order valence-corrected chi connectivity index (χ1v) is 6.87. The second-order valence-corrected chi connectivity index (χ2v) is 5.73. The molecular formula is C13H16Cl2N2O2. The monoisotopic (exact) mass is 302 g/mol. The number of aliphatic hydroxyl groups excluding tert-OH is 1. The average molecular weight is 303 g/mol. The molecule has 0 bridgehead atoms. The van der Waals surface area contributed by atoms with Crippen molar-refractivity contribution in [3.05, 3.63) is 27.7 Å². The number of aliphatic hydroxyl groups is 1. The molecule has 2 unspecified atom stereocenters. The second kappa shape index (κ2) is 5.57. The lowest BCUT2D eigenvalue weighted by molar-refractivity contribution is 0.0297. The number of carbonyl (C=O) groups excluding carboxylic acids is 1. The molecular weight excluding hydrogens is 287 g/mol. The lowest BCUT2D eigenvalue weighted by Gasteiger charge is -2.34. The van der Waals surface area contributed by atoms with Crippen LogP contribution in [0.2, 0.25) is 10.0 Å². The normalized spacial score (nSPS) is 23.5. The summed E-state index contributed by atoms with van der Waals surface area (Å²) in [6.07, 6.45) is 0.243. The largest absolute Gasteiger partial charge is 0.397 e. The number of carbonyl (C=O) groups is 1. The fraction of sp³-hybridized carbons (Fsp3) is 0.462. The van der Waals surface area contributed by atoms with Crippen molar-refractivity contribution in [3.8, 4) is 0 Å². The van der Waals surface area contributed by atoms with Gasteiger partial charge >= 0.3 is 0 Å². The van der Waals surface area contributed by atoms with E-state index in [0.29, 0.717) is 30.8 Å². The highest BCUT2D eigenvalue weighted by Crippen LogP contribution is 2.30. The van der Waals surface area contributed by atoms with Crippen molar-refractivity contribution in [2.45, 2.75) is 19.4 Å². The van der Waals surface area contributed by atoms with Crippen LogP contribution in [0.15, 0.2) is 12.1 Å². The van der Waals surface area contributed by atoms with Crippen LogP contribution in [0.5, 0.6) is 0 Å². The number of likely N-dealkylation sites (tertiary alicyclic amines) is 1. The Labute approximate surface area is 122 Å². The zero-order valence-corrected chi connectivity index (χ0v) is 12.1. The van der Waals surface area contributed by atoms with Crippen molar-refractivity contribution in [2.24, 2.45) is 5.92 Å². The number of hydrogen-bond donors (Lipinski definition) is 2. The van der Waals surface area contributed by atoms with Gasteiger partial charge in [0, 0.05) is 18.7 Å². The molecule has 104 valence electrons. The average Bonchev–Trinajstić information content (AvgIpc) is 2.37. The van der Waals surface area contributed by atoms with E-state index in [4.69, 9.17) is 28.9 Å². The Morgan fingerprint density at radius 3 is 2.74 bits per heavy atom. The smallest absolute Gasteiger partial charge is 0.253 e. The maximum atomic E-state index is 12.4. The maximum Gasteiger partial charge on any atom is 0.253 e. The van der Waals surface area contributed by atoms with Crippen LogP contribution in [0.1, 0.15) is 23.7 Å². The van der Waals surface area contributed by atoms with Crippen molar-refractivity contribution in [1.82, 2.24) is 4.90 Å². The molecule has 3 N–H and O–H groups in total. The number of nitrogens with two attached hydrogens (primary N) is 1. The summed E-state index contributed by atoms with van der Waals surface area (Å²) in [7, 11) is 0. The first-order chi connectivity index (χ1) is 8.90. The van der Waals surface area contributed by atoms with Crippen LogP contribution in [0.4, 0.5) is 5.69 Å². The Morgan fingerprint density at radius 1 is 1.47 bits per heavy atom. The minimum absolute atomic E-state index is 0.0674. The lowest BCUT2D eigenvalue weighted by Crippen LogP contribution is -2.44. The minimum atomic E-state index is -0.345. The molecule has 6 heteroatoms. The molecule has 1 heterocycles. The number of halogens is 2. The number of rotatable bonds is 1. The molecule has 0 aliphatic carbocycles. The summed E-state index contributed by atoms with van der Waals surface area (Å²) in [5.41, 5.74) is 6.43. The second-order valence-electron chi connectivity index (χ2n) is 4.95. The van der Waals surface area contributed by atoms with E-state index in [9.17, 15) is 9.90 Å². The molecule has 1 aromatic rings. The predicted molar refractivity (Wildman–Crippen MR) is 76.6 cm³/mol. The van der Waals surface area contributed by atoms with Gasteiger partial charge in [0.15, 0.2) is 0 Å². The molecule has 2 atom stereocenters. The molecule has 4 nitrogen and oxygen atoms in total. The fourth-order valence-corrected chi connectivity index (χ4v) is 2.57. The van der Waals surface area contributed by atoms with Gasteiger partial charge in [-0.15, -0.1) is 0 Å². The predicted octanol–water partition coefficient (Wildman–Crippen LogP) is 2.42. The quantitative estimate of drug-likeness (QED) is 0.783. The highest BCUT2D eigenvalue weighted by atomic mass is 35.5. The van der Waals surface area contributed by atoms with Crippen LogP contribution in [-0.2, 0) is 0 Å². The number of amides is 1. The Bertz CT molecular complexity index is 484. The zero-order valence-electron chi connectivity index (χ0n) is 10.6. The van der Waals surface area contributed by atoms with Crippen LogP contribution >= 0.6 is 23.2 Å². The van der Waals surface area contributed by atoms with Gasteiger partial charge < -0.3 is 15.7 Å². The Balaban J connectivity index is 2.20. The molecule has 1 aliphatic heterocycles. The third kappa shape index (κ3) is 2.96. The van der Waals surface area contributed by atoms with Gasteiger partial charge in [0.2, 0.25) is 0 Å². The first-order valence-electron chi connectivity index (χ1n) is 6.12. The molecule has 1 fully saturated rings. The van der Waals surface area contributed by atoms with Gasteiger partial charge in [-0.1, -0.05) is 30.1 Å². The Kier molecular flexibility index (Phi) is 4.23. The first kappa shape index (κ1) is 14.4. The van der Waals surface area contributed by atoms with Crippen molar-refractivity contribution in [1.29, 1.82) is 0 Å². The number of piperidine rings is 1. The van der Waals surface area contributed by atoms with E-state index in [-0.39, 0.29) is 28.0 Å². The zero-order chi connectivity index (χ0) is 14.2. The molecule has 19 heavy (non-hydrogen) atoms. The van der Waals surface area contributed by atoms with E-state index >= 15 is 0 Å². The molecule has 2 rings (SSSR count). The van der Waals surface area contributed by atoms with E-state index < -0.39 is 0 Å². The molecule has 1 saturated heterocycles. The summed E-state index contributed by atoms with van der Waals surface area (Å²) in [4.78, 5) is 14.1. The fourth-order valence-electron chi connectivity index (χ4n) is 2.23. The van der Waals surface area contributed by atoms with E-state index in [1.165, 1.54) is 12.1 Å². The topological polar surface area (TPSA) is 66.6 Å². The summed E-state index contributed by atoms with van der Waals surface area (Å²) in [5.74, 6) is -0.0677. The molecule has 1 aromatic carbocycles. The van der Waals surface area contributed by atoms with Crippen LogP contribution < -0.4 is 5.73 Å². The summed E-state index contributed by atoms with van der Waals surface area (Å²) >= 11 is 11.8. The van der Waals surface area contributed by atoms with Crippen molar-refractivity contribution >= 4 is 34.8 Å². The third-order valence-corrected chi connectivity index (χ3v) is 4.27. The van der Waals surface area contributed by atoms with E-state index in [2.05, 4.69) is 0 Å². The summed E-state index contributed by atoms with van der Waals surface area (Å²) < 4.78 is 0. The van der Waals surface area contributed by atoms with Crippen molar-refractivity contribution in [3.63, 3.8) is 0 Å². The van der Waals surface area contributed by atoms with Gasteiger partial charge in [-0.25, -0.2) is 0 Å². The molecule has 0 radical (unpaired) electrons. The number of hydrogen-bond acceptors (Lipinski definition) is 3. The molecule has 1 amide bonds. The standard InChI is InChI=1S/C13H16Cl2N2O2/c1-7-6-17(3-2-11(7)18)13(19)8-4-9(14)12(15)10(16)5-8/h4-5,7,11,18H,2-3,6,16H2,1H3. The third-order valence-electron chi connectivity index (χ3n) is 3.45. The SMILES string of the molecule is CC1CN(C(=O)c2cc(N)c(Cl)c(Cl)c2)CCC1O. The number of nitrogens with zero attached hydrogens (tertiary/aromatic N) is 1. The van der Waals surface area contributed by atoms with Crippen LogP contribution in [0, 0.1) is 5.92 Å². The van der Waals surface area contributed by atoms with E-state index in [1.54, 1.807) is 4.90 Å². The van der Waals surface area contributed by atoms with E-state index in [1.807, 2.05) is 6.92 Å². The van der Waals surface area contributed by atoms with Crippen LogP contribution in [-0.4, -0.2) is 35.1 Å². The van der Waals surface area contributed by atoms with Crippen LogP contribution in [0.25, 0.3) is 0 Å². The Morgan fingerprint density at radius 2 is 2.16 bits per heavy atom. The molecule has 0 saturated carbocycles. The number of nitrogen functional groups attached to an aromatic ring is 1. The van der Waals surface area contributed by atoms with Gasteiger partial charge in [-0.2, -0.15) is 0 Å². The van der Waals surface area contributed by atoms with Gasteiger partial charge in [0.25, 0.3) is 5.91 Å². The summed E-state index contributed by atoms with van der Waals surface area (Å²) in [6.45, 7) is 2.98. The van der Waals surface area contributed by atoms with Gasteiger partial charge in [0.05, 0.1) is 21.8 Å². The highest BCUT2D eigenvalue weighted by Gasteiger charge is 2.28. The van der Waals surface area contributed by atoms with Gasteiger partial charge in [-0.05, 0) is 24.5 Å². The minimum Gasteiger partial charge on any atom is -0.397 e. The molecule has 1 aliphatic rings. The van der Waals surface area contributed by atoms with E-state index in [0.717, 1.165) is 0 Å². The molecule has 0 aromatic heterocycles. The summed E-state index contributed by atoms with van der Waals surface area (Å²) in [6, 6.07) is 3.06. The summed E-state index contributed by atoms with van der Waals surface area (Å²) in [5, 5.41) is 10.2. The lowest BCUT2D eigenvalue weighted by atomic mass is 9.96. The van der Waals surface area contributed by atoms with Gasteiger partial charge in [-0.3, -0.25) is 4.79 Å². The maximum absolute atomic E-state index is 12.4. The number of anilines is 1. The van der Waals surface area contributed by atoms with Crippen LogP contribution in [0.3, 0.4) is 0 Å². The van der Waals surface area contributed by atoms with Gasteiger partial charge in [0.1, 0.15) is 0 Å². The van der Waals surface area contributed by atoms with Crippen molar-refractivity contribution < 1.29 is 9.90 Å². The number of benzene rings is 1. The Hall–Kier alpha value is -0.970. The van der Waals surface area contributed by atoms with Crippen molar-refractivity contribution in [2.75, 3.05) is 18.8 Å². The molecule has 0 spiro atoms. The highest BCUT2D eigenvalue weighted by molar-refractivity contribution is 6.43.